The standard InChI is InChI=1S/C12H13ClF2N2O/c13-9-4-1-3-8(11(9)14)7-16-12(18)10-5-2-6-17(10)15/h1,3-4,10H,2,5-7H2,(H,16,18). The van der Waals surface area contributed by atoms with Gasteiger partial charge in [0.2, 0.25) is 5.91 Å². The Bertz CT molecular complexity index is 456. The Hall–Kier alpha value is -1.20. The maximum absolute atomic E-state index is 13.5. The first-order valence-electron chi connectivity index (χ1n) is 5.72. The van der Waals surface area contributed by atoms with Gasteiger partial charge in [0.25, 0.3) is 0 Å². The molecule has 6 heteroatoms. The number of rotatable bonds is 3. The van der Waals surface area contributed by atoms with Crippen molar-refractivity contribution >= 4 is 17.5 Å². The molecule has 1 fully saturated rings. The molecule has 1 aliphatic heterocycles. The minimum Gasteiger partial charge on any atom is -0.350 e. The van der Waals surface area contributed by atoms with E-state index in [1.807, 2.05) is 0 Å². The molecule has 0 radical (unpaired) electrons. The second-order valence-electron chi connectivity index (χ2n) is 4.21. The molecule has 1 N–H and O–H groups in total. The largest absolute Gasteiger partial charge is 0.350 e. The van der Waals surface area contributed by atoms with Crippen LogP contribution in [0.15, 0.2) is 18.2 Å². The SMILES string of the molecule is O=C(NCc1cccc(Cl)c1F)C1CCCN1F. The number of hydrogen-bond acceptors (Lipinski definition) is 2. The summed E-state index contributed by atoms with van der Waals surface area (Å²) >= 11 is 5.62. The number of carbonyl (C=O) groups is 1. The van der Waals surface area contributed by atoms with Crippen LogP contribution in [-0.4, -0.2) is 23.6 Å². The molecule has 0 spiro atoms. The Morgan fingerprint density at radius 1 is 1.56 bits per heavy atom. The monoisotopic (exact) mass is 274 g/mol. The van der Waals surface area contributed by atoms with Gasteiger partial charge < -0.3 is 5.32 Å². The molecular formula is C12H13ClF2N2O. The van der Waals surface area contributed by atoms with E-state index < -0.39 is 17.8 Å². The zero-order valence-electron chi connectivity index (χ0n) is 9.63. The zero-order chi connectivity index (χ0) is 13.1. The fourth-order valence-corrected chi connectivity index (χ4v) is 2.17. The summed E-state index contributed by atoms with van der Waals surface area (Å²) in [5.41, 5.74) is 0.291. The highest BCUT2D eigenvalue weighted by atomic mass is 35.5. The lowest BCUT2D eigenvalue weighted by atomic mass is 10.2. The average molecular weight is 275 g/mol. The van der Waals surface area contributed by atoms with Crippen molar-refractivity contribution in [3.8, 4) is 0 Å². The first-order chi connectivity index (χ1) is 8.59. The Kier molecular flexibility index (Phi) is 4.14. The van der Waals surface area contributed by atoms with Crippen molar-refractivity contribution in [1.29, 1.82) is 0 Å². The van der Waals surface area contributed by atoms with Gasteiger partial charge in [-0.1, -0.05) is 23.7 Å². The van der Waals surface area contributed by atoms with Crippen LogP contribution in [0.1, 0.15) is 18.4 Å². The number of carbonyl (C=O) groups excluding carboxylic acids is 1. The lowest BCUT2D eigenvalue weighted by molar-refractivity contribution is -0.131. The van der Waals surface area contributed by atoms with Crippen LogP contribution < -0.4 is 5.32 Å². The molecule has 1 unspecified atom stereocenters. The summed E-state index contributed by atoms with van der Waals surface area (Å²) in [6.07, 6.45) is 1.14. The van der Waals surface area contributed by atoms with Crippen molar-refractivity contribution in [2.45, 2.75) is 25.4 Å². The smallest absolute Gasteiger partial charge is 0.240 e. The van der Waals surface area contributed by atoms with Crippen LogP contribution in [0.2, 0.25) is 5.02 Å². The summed E-state index contributed by atoms with van der Waals surface area (Å²) in [7, 11) is 0. The van der Waals surface area contributed by atoms with Crippen molar-refractivity contribution < 1.29 is 13.7 Å². The van der Waals surface area contributed by atoms with Gasteiger partial charge in [0, 0.05) is 18.7 Å². The summed E-state index contributed by atoms with van der Waals surface area (Å²) in [5, 5.41) is 3.05. The lowest BCUT2D eigenvalue weighted by Gasteiger charge is -2.15. The number of nitrogens with one attached hydrogen (secondary N) is 1. The lowest BCUT2D eigenvalue weighted by Crippen LogP contribution is -2.39. The molecule has 1 amide bonds. The summed E-state index contributed by atoms with van der Waals surface area (Å²) in [6, 6.07) is 3.81. The van der Waals surface area contributed by atoms with Gasteiger partial charge in [-0.25, -0.2) is 4.39 Å². The molecular weight excluding hydrogens is 262 g/mol. The minimum atomic E-state index is -0.757. The van der Waals surface area contributed by atoms with Gasteiger partial charge in [-0.2, -0.15) is 0 Å². The highest BCUT2D eigenvalue weighted by Gasteiger charge is 2.30. The molecule has 98 valence electrons. The van der Waals surface area contributed by atoms with Crippen LogP contribution in [-0.2, 0) is 11.3 Å². The predicted octanol–water partition coefficient (Wildman–Crippen LogP) is 2.44. The van der Waals surface area contributed by atoms with E-state index >= 15 is 0 Å². The van der Waals surface area contributed by atoms with Gasteiger partial charge in [0.15, 0.2) is 0 Å². The van der Waals surface area contributed by atoms with Gasteiger partial charge in [-0.15, -0.1) is 9.60 Å². The van der Waals surface area contributed by atoms with E-state index in [-0.39, 0.29) is 18.1 Å². The second kappa shape index (κ2) is 5.63. The van der Waals surface area contributed by atoms with E-state index in [1.165, 1.54) is 12.1 Å². The normalized spacial score (nSPS) is 20.1. The van der Waals surface area contributed by atoms with Crippen molar-refractivity contribution in [3.05, 3.63) is 34.6 Å². The Morgan fingerprint density at radius 3 is 3.00 bits per heavy atom. The van der Waals surface area contributed by atoms with Crippen molar-refractivity contribution in [3.63, 3.8) is 0 Å². The van der Waals surface area contributed by atoms with Gasteiger partial charge in [0.1, 0.15) is 11.9 Å². The molecule has 1 aromatic carbocycles. The van der Waals surface area contributed by atoms with Crippen molar-refractivity contribution in [1.82, 2.24) is 10.4 Å². The van der Waals surface area contributed by atoms with Crippen LogP contribution in [0.25, 0.3) is 0 Å². The third kappa shape index (κ3) is 2.79. The molecule has 0 bridgehead atoms. The van der Waals surface area contributed by atoms with E-state index in [1.54, 1.807) is 6.07 Å². The number of amides is 1. The molecule has 1 atom stereocenters. The first kappa shape index (κ1) is 13.2. The summed E-state index contributed by atoms with van der Waals surface area (Å²) in [6.45, 7) is 0.277. The number of hydrogen-bond donors (Lipinski definition) is 1. The first-order valence-corrected chi connectivity index (χ1v) is 6.10. The third-order valence-electron chi connectivity index (χ3n) is 2.97. The zero-order valence-corrected chi connectivity index (χ0v) is 10.4. The summed E-state index contributed by atoms with van der Waals surface area (Å²) in [4.78, 5) is 11.7. The molecule has 1 aliphatic rings. The highest BCUT2D eigenvalue weighted by Crippen LogP contribution is 2.19. The molecule has 0 aromatic heterocycles. The van der Waals surface area contributed by atoms with Gasteiger partial charge >= 0.3 is 0 Å². The highest BCUT2D eigenvalue weighted by molar-refractivity contribution is 6.30. The average Bonchev–Trinajstić information content (AvgIpc) is 2.77. The van der Waals surface area contributed by atoms with E-state index in [0.29, 0.717) is 23.5 Å². The maximum Gasteiger partial charge on any atom is 0.240 e. The topological polar surface area (TPSA) is 32.3 Å². The molecule has 3 nitrogen and oxygen atoms in total. The quantitative estimate of drug-likeness (QED) is 0.859. The predicted molar refractivity (Wildman–Crippen MR) is 64.1 cm³/mol. The van der Waals surface area contributed by atoms with Crippen LogP contribution in [0.3, 0.4) is 0 Å². The van der Waals surface area contributed by atoms with Crippen LogP contribution in [0.4, 0.5) is 8.87 Å². The number of halogens is 3. The van der Waals surface area contributed by atoms with Crippen molar-refractivity contribution in [2.75, 3.05) is 6.54 Å². The molecule has 2 rings (SSSR count). The maximum atomic E-state index is 13.5. The van der Waals surface area contributed by atoms with Crippen molar-refractivity contribution in [2.24, 2.45) is 0 Å². The van der Waals surface area contributed by atoms with E-state index in [0.717, 1.165) is 0 Å². The number of benzene rings is 1. The molecule has 0 saturated carbocycles. The van der Waals surface area contributed by atoms with Crippen LogP contribution in [0, 0.1) is 5.82 Å². The Balaban J connectivity index is 1.95. The van der Waals surface area contributed by atoms with Crippen LogP contribution in [0.5, 0.6) is 0 Å². The molecule has 0 aliphatic carbocycles. The van der Waals surface area contributed by atoms with Crippen LogP contribution >= 0.6 is 11.6 Å². The molecule has 1 heterocycles. The Labute approximate surface area is 109 Å². The summed E-state index contributed by atoms with van der Waals surface area (Å²) < 4.78 is 26.7. The summed E-state index contributed by atoms with van der Waals surface area (Å²) in [5.74, 6) is -0.975. The second-order valence-corrected chi connectivity index (χ2v) is 4.62. The molecule has 18 heavy (non-hydrogen) atoms. The molecule has 1 saturated heterocycles. The molecule has 1 aromatic rings. The van der Waals surface area contributed by atoms with E-state index in [4.69, 9.17) is 11.6 Å². The fraction of sp³-hybridized carbons (Fsp3) is 0.417. The Morgan fingerprint density at radius 2 is 2.33 bits per heavy atom. The van der Waals surface area contributed by atoms with E-state index in [9.17, 15) is 13.7 Å². The van der Waals surface area contributed by atoms with Gasteiger partial charge in [-0.05, 0) is 18.9 Å². The van der Waals surface area contributed by atoms with Gasteiger partial charge in [0.05, 0.1) is 5.02 Å². The fourth-order valence-electron chi connectivity index (χ4n) is 1.98. The minimum absolute atomic E-state index is 0.00901. The number of nitrogens with zero attached hydrogens (tertiary/aromatic N) is 1. The van der Waals surface area contributed by atoms with E-state index in [2.05, 4.69) is 5.32 Å². The van der Waals surface area contributed by atoms with Gasteiger partial charge in [-0.3, -0.25) is 4.79 Å². The third-order valence-corrected chi connectivity index (χ3v) is 3.27.